The van der Waals surface area contributed by atoms with Crippen molar-refractivity contribution in [1.29, 1.82) is 0 Å². The van der Waals surface area contributed by atoms with Crippen LogP contribution < -0.4 is 0 Å². The van der Waals surface area contributed by atoms with Gasteiger partial charge in [-0.2, -0.15) is 0 Å². The molecule has 4 heteroatoms. The highest BCUT2D eigenvalue weighted by Crippen LogP contribution is 2.12. The lowest BCUT2D eigenvalue weighted by Gasteiger charge is -2.02. The van der Waals surface area contributed by atoms with Crippen molar-refractivity contribution in [2.45, 2.75) is 11.8 Å². The maximum atomic E-state index is 11.4. The highest BCUT2D eigenvalue weighted by molar-refractivity contribution is 7.91. The topological polar surface area (TPSA) is 54.4 Å². The molecule has 72 valence electrons. The van der Waals surface area contributed by atoms with Gasteiger partial charge in [0.05, 0.1) is 17.3 Å². The summed E-state index contributed by atoms with van der Waals surface area (Å²) in [6, 6.07) is 6.67. The summed E-state index contributed by atoms with van der Waals surface area (Å²) >= 11 is 0. The molecule has 0 aliphatic rings. The Hall–Kier alpha value is -0.870. The normalized spacial score (nSPS) is 11.5. The minimum Gasteiger partial charge on any atom is -0.395 e. The summed E-state index contributed by atoms with van der Waals surface area (Å²) in [5.41, 5.74) is 0.902. The predicted molar refractivity (Wildman–Crippen MR) is 50.3 cm³/mol. The Balaban J connectivity index is 3.08. The molecular formula is C9H12O3S. The molecule has 0 fully saturated rings. The molecule has 0 aliphatic heterocycles. The summed E-state index contributed by atoms with van der Waals surface area (Å²) in [5.74, 6) is -0.212. The van der Waals surface area contributed by atoms with Crippen molar-refractivity contribution in [2.75, 3.05) is 12.4 Å². The zero-order valence-electron chi connectivity index (χ0n) is 7.40. The average Bonchev–Trinajstić information content (AvgIpc) is 2.04. The number of aliphatic hydroxyl groups is 1. The number of sulfone groups is 1. The van der Waals surface area contributed by atoms with Crippen LogP contribution in [0.4, 0.5) is 0 Å². The van der Waals surface area contributed by atoms with Crippen molar-refractivity contribution < 1.29 is 13.5 Å². The van der Waals surface area contributed by atoms with Crippen LogP contribution in [0.2, 0.25) is 0 Å². The summed E-state index contributed by atoms with van der Waals surface area (Å²) < 4.78 is 22.8. The van der Waals surface area contributed by atoms with Crippen LogP contribution in [0.25, 0.3) is 0 Å². The number of rotatable bonds is 3. The van der Waals surface area contributed by atoms with Crippen molar-refractivity contribution in [3.05, 3.63) is 29.8 Å². The van der Waals surface area contributed by atoms with Crippen LogP contribution >= 0.6 is 0 Å². The van der Waals surface area contributed by atoms with E-state index in [1.165, 1.54) is 6.07 Å². The lowest BCUT2D eigenvalue weighted by atomic mass is 10.2. The fourth-order valence-electron chi connectivity index (χ4n) is 1.05. The molecular weight excluding hydrogens is 188 g/mol. The van der Waals surface area contributed by atoms with Gasteiger partial charge >= 0.3 is 0 Å². The SMILES string of the molecule is Cc1cccc(S(=O)(=O)CCO)c1. The van der Waals surface area contributed by atoms with E-state index in [-0.39, 0.29) is 17.3 Å². The van der Waals surface area contributed by atoms with E-state index in [1.54, 1.807) is 12.1 Å². The van der Waals surface area contributed by atoms with Gasteiger partial charge in [-0.15, -0.1) is 0 Å². The molecule has 1 aromatic carbocycles. The van der Waals surface area contributed by atoms with E-state index in [0.717, 1.165) is 5.56 Å². The number of hydrogen-bond acceptors (Lipinski definition) is 3. The van der Waals surface area contributed by atoms with Crippen molar-refractivity contribution in [3.63, 3.8) is 0 Å². The first-order valence-corrected chi connectivity index (χ1v) is 5.62. The van der Waals surface area contributed by atoms with Gasteiger partial charge in [0.15, 0.2) is 9.84 Å². The summed E-state index contributed by atoms with van der Waals surface area (Å²) in [6.07, 6.45) is 0. The van der Waals surface area contributed by atoms with E-state index in [1.807, 2.05) is 13.0 Å². The highest BCUT2D eigenvalue weighted by Gasteiger charge is 2.12. The Morgan fingerprint density at radius 2 is 2.08 bits per heavy atom. The van der Waals surface area contributed by atoms with Crippen LogP contribution in [-0.2, 0) is 9.84 Å². The minimum atomic E-state index is -3.28. The van der Waals surface area contributed by atoms with E-state index in [4.69, 9.17) is 5.11 Å². The molecule has 0 spiro atoms. The second kappa shape index (κ2) is 3.89. The van der Waals surface area contributed by atoms with Gasteiger partial charge < -0.3 is 5.11 Å². The zero-order chi connectivity index (χ0) is 9.90. The van der Waals surface area contributed by atoms with Gasteiger partial charge in [-0.3, -0.25) is 0 Å². The summed E-state index contributed by atoms with van der Waals surface area (Å²) in [5, 5.41) is 8.55. The Bertz CT molecular complexity index is 382. The van der Waals surface area contributed by atoms with Crippen LogP contribution in [0.5, 0.6) is 0 Å². The van der Waals surface area contributed by atoms with E-state index in [9.17, 15) is 8.42 Å². The van der Waals surface area contributed by atoms with Gasteiger partial charge in [0.2, 0.25) is 0 Å². The Morgan fingerprint density at radius 3 is 2.62 bits per heavy atom. The lowest BCUT2D eigenvalue weighted by molar-refractivity contribution is 0.319. The molecule has 0 unspecified atom stereocenters. The van der Waals surface area contributed by atoms with Gasteiger partial charge in [0, 0.05) is 0 Å². The van der Waals surface area contributed by atoms with Gasteiger partial charge in [0.1, 0.15) is 0 Å². The first kappa shape index (κ1) is 10.2. The Labute approximate surface area is 77.9 Å². The fourth-order valence-corrected chi connectivity index (χ4v) is 2.17. The smallest absolute Gasteiger partial charge is 0.180 e. The average molecular weight is 200 g/mol. The third kappa shape index (κ3) is 2.54. The first-order valence-electron chi connectivity index (χ1n) is 3.96. The molecule has 3 nitrogen and oxygen atoms in total. The van der Waals surface area contributed by atoms with E-state index < -0.39 is 9.84 Å². The molecule has 1 rings (SSSR count). The zero-order valence-corrected chi connectivity index (χ0v) is 8.21. The third-order valence-electron chi connectivity index (χ3n) is 1.71. The van der Waals surface area contributed by atoms with Crippen LogP contribution in [0.3, 0.4) is 0 Å². The van der Waals surface area contributed by atoms with Gasteiger partial charge in [-0.25, -0.2) is 8.42 Å². The maximum absolute atomic E-state index is 11.4. The standard InChI is InChI=1S/C9H12O3S/c1-8-3-2-4-9(7-8)13(11,12)6-5-10/h2-4,7,10H,5-6H2,1H3. The lowest BCUT2D eigenvalue weighted by Crippen LogP contribution is -2.09. The van der Waals surface area contributed by atoms with Crippen molar-refractivity contribution in [1.82, 2.24) is 0 Å². The largest absolute Gasteiger partial charge is 0.395 e. The van der Waals surface area contributed by atoms with Crippen molar-refractivity contribution in [2.24, 2.45) is 0 Å². The van der Waals surface area contributed by atoms with Crippen LogP contribution in [-0.4, -0.2) is 25.9 Å². The number of hydrogen-bond donors (Lipinski definition) is 1. The first-order chi connectivity index (χ1) is 6.06. The van der Waals surface area contributed by atoms with Crippen LogP contribution in [0.15, 0.2) is 29.2 Å². The second-order valence-electron chi connectivity index (χ2n) is 2.86. The maximum Gasteiger partial charge on any atom is 0.180 e. The molecule has 13 heavy (non-hydrogen) atoms. The Kier molecular flexibility index (Phi) is 3.06. The van der Waals surface area contributed by atoms with Crippen molar-refractivity contribution >= 4 is 9.84 Å². The monoisotopic (exact) mass is 200 g/mol. The van der Waals surface area contributed by atoms with E-state index in [0.29, 0.717) is 0 Å². The summed E-state index contributed by atoms with van der Waals surface area (Å²) in [4.78, 5) is 0.279. The number of aryl methyl sites for hydroxylation is 1. The second-order valence-corrected chi connectivity index (χ2v) is 4.97. The molecule has 0 saturated heterocycles. The molecule has 1 aromatic rings. The van der Waals surface area contributed by atoms with E-state index in [2.05, 4.69) is 0 Å². The molecule has 0 heterocycles. The molecule has 0 radical (unpaired) electrons. The molecule has 0 aliphatic carbocycles. The molecule has 0 bridgehead atoms. The summed E-state index contributed by atoms with van der Waals surface area (Å²) in [7, 11) is -3.28. The van der Waals surface area contributed by atoms with Crippen LogP contribution in [0, 0.1) is 6.92 Å². The molecule has 1 N–H and O–H groups in total. The molecule has 0 atom stereocenters. The van der Waals surface area contributed by atoms with Crippen LogP contribution in [0.1, 0.15) is 5.56 Å². The van der Waals surface area contributed by atoms with E-state index >= 15 is 0 Å². The van der Waals surface area contributed by atoms with Gasteiger partial charge in [-0.1, -0.05) is 12.1 Å². The summed E-state index contributed by atoms with van der Waals surface area (Å²) in [6.45, 7) is 1.49. The molecule has 0 amide bonds. The molecule has 0 saturated carbocycles. The van der Waals surface area contributed by atoms with Crippen molar-refractivity contribution in [3.8, 4) is 0 Å². The third-order valence-corrected chi connectivity index (χ3v) is 3.40. The van der Waals surface area contributed by atoms with Gasteiger partial charge in [0.25, 0.3) is 0 Å². The number of aliphatic hydroxyl groups excluding tert-OH is 1. The quantitative estimate of drug-likeness (QED) is 0.783. The fraction of sp³-hybridized carbons (Fsp3) is 0.333. The predicted octanol–water partition coefficient (Wildman–Crippen LogP) is 0.761. The van der Waals surface area contributed by atoms with Gasteiger partial charge in [-0.05, 0) is 24.6 Å². The minimum absolute atomic E-state index is 0.212. The molecule has 0 aromatic heterocycles. The highest BCUT2D eigenvalue weighted by atomic mass is 32.2. The Morgan fingerprint density at radius 1 is 1.38 bits per heavy atom. The number of benzene rings is 1.